The average molecular weight is 220 g/mol. The smallest absolute Gasteiger partial charge is 0.283 e. The summed E-state index contributed by atoms with van der Waals surface area (Å²) in [6.07, 6.45) is 8.54. The maximum Gasteiger partial charge on any atom is 0.283 e. The molecule has 0 unspecified atom stereocenters. The Labute approximate surface area is 103 Å². The van der Waals surface area contributed by atoms with Crippen LogP contribution < -0.4 is 0 Å². The first-order chi connectivity index (χ1) is 7.04. The molecule has 0 saturated carbocycles. The van der Waals surface area contributed by atoms with Crippen LogP contribution in [0, 0.1) is 23.2 Å². The second kappa shape index (κ2) is 5.28. The van der Waals surface area contributed by atoms with E-state index in [1.807, 2.05) is 13.8 Å². The van der Waals surface area contributed by atoms with Gasteiger partial charge in [-0.1, -0.05) is 13.8 Å². The van der Waals surface area contributed by atoms with Crippen LogP contribution in [0.3, 0.4) is 0 Å². The maximum absolute atomic E-state index is 5.53. The predicted octanol–water partition coefficient (Wildman–Crippen LogP) is 3.72. The van der Waals surface area contributed by atoms with Gasteiger partial charge in [0.15, 0.2) is 0 Å². The zero-order valence-corrected chi connectivity index (χ0v) is 11.7. The Morgan fingerprint density at radius 1 is 1.06 bits per heavy atom. The molecule has 0 aromatic heterocycles. The van der Waals surface area contributed by atoms with E-state index < -0.39 is 0 Å². The largest absolute Gasteiger partial charge is 0.443 e. The second-order valence-electron chi connectivity index (χ2n) is 6.75. The van der Waals surface area contributed by atoms with Crippen molar-refractivity contribution in [1.82, 2.24) is 0 Å². The molecule has 0 aliphatic heterocycles. The highest BCUT2D eigenvalue weighted by atomic mass is 16.4. The van der Waals surface area contributed by atoms with Gasteiger partial charge in [-0.15, -0.1) is 12.3 Å². The lowest BCUT2D eigenvalue weighted by molar-refractivity contribution is 0.0862. The molecule has 0 aliphatic rings. The first-order valence-corrected chi connectivity index (χ1v) is 5.89. The van der Waals surface area contributed by atoms with Gasteiger partial charge in [-0.3, -0.25) is 0 Å². The minimum absolute atomic E-state index is 0.0444. The summed E-state index contributed by atoms with van der Waals surface area (Å²) < 4.78 is 4.95. The van der Waals surface area contributed by atoms with E-state index in [4.69, 9.17) is 19.1 Å². The summed E-state index contributed by atoms with van der Waals surface area (Å²) in [5, 5.41) is 0. The van der Waals surface area contributed by atoms with Crippen molar-refractivity contribution in [3.05, 3.63) is 0 Å². The zero-order valence-electron chi connectivity index (χ0n) is 11.7. The highest BCUT2D eigenvalue weighted by Crippen LogP contribution is 2.38. The van der Waals surface area contributed by atoms with Gasteiger partial charge in [0.25, 0.3) is 8.05 Å². The van der Waals surface area contributed by atoms with Crippen molar-refractivity contribution < 1.29 is 4.65 Å². The Hall–Kier alpha value is -0.415. The van der Waals surface area contributed by atoms with Crippen molar-refractivity contribution in [2.75, 3.05) is 0 Å². The summed E-state index contributed by atoms with van der Waals surface area (Å²) in [6, 6.07) is 0. The zero-order chi connectivity index (χ0) is 13.0. The van der Waals surface area contributed by atoms with Crippen molar-refractivity contribution in [3.63, 3.8) is 0 Å². The van der Waals surface area contributed by atoms with E-state index in [2.05, 4.69) is 33.6 Å². The van der Waals surface area contributed by atoms with Crippen molar-refractivity contribution in [3.8, 4) is 12.3 Å². The molecule has 0 amide bonds. The standard InChI is InChI=1S/C14H25BO/c1-8-12(2,3)11-13(4,5)9-10-14(6,7)16-15/h1H,9-11H2,2-7H3. The number of hydrogen-bond donors (Lipinski definition) is 0. The Balaban J connectivity index is 4.33. The molecule has 0 spiro atoms. The molecular weight excluding hydrogens is 195 g/mol. The van der Waals surface area contributed by atoms with Crippen molar-refractivity contribution in [1.29, 1.82) is 0 Å². The van der Waals surface area contributed by atoms with Crippen LogP contribution in [0.15, 0.2) is 0 Å². The summed E-state index contributed by atoms with van der Waals surface area (Å²) in [6.45, 7) is 12.7. The summed E-state index contributed by atoms with van der Waals surface area (Å²) >= 11 is 0. The highest BCUT2D eigenvalue weighted by Gasteiger charge is 2.29. The van der Waals surface area contributed by atoms with E-state index in [1.54, 1.807) is 0 Å². The molecular formula is C14H25BO. The fraction of sp³-hybridized carbons (Fsp3) is 0.857. The monoisotopic (exact) mass is 220 g/mol. The molecule has 16 heavy (non-hydrogen) atoms. The molecule has 90 valence electrons. The van der Waals surface area contributed by atoms with Crippen LogP contribution in [0.2, 0.25) is 0 Å². The lowest BCUT2D eigenvalue weighted by atomic mass is 9.72. The summed E-state index contributed by atoms with van der Waals surface area (Å²) in [4.78, 5) is 0. The minimum Gasteiger partial charge on any atom is -0.443 e. The van der Waals surface area contributed by atoms with Gasteiger partial charge in [0, 0.05) is 11.0 Å². The topological polar surface area (TPSA) is 9.23 Å². The van der Waals surface area contributed by atoms with E-state index in [1.165, 1.54) is 0 Å². The molecule has 0 fully saturated rings. The Bertz CT molecular complexity index is 258. The first kappa shape index (κ1) is 15.6. The third-order valence-electron chi connectivity index (χ3n) is 3.03. The molecule has 0 aliphatic carbocycles. The van der Waals surface area contributed by atoms with Gasteiger partial charge in [-0.25, -0.2) is 0 Å². The van der Waals surface area contributed by atoms with Crippen LogP contribution in [0.25, 0.3) is 0 Å². The Morgan fingerprint density at radius 2 is 1.56 bits per heavy atom. The van der Waals surface area contributed by atoms with Gasteiger partial charge in [0.2, 0.25) is 0 Å². The fourth-order valence-corrected chi connectivity index (χ4v) is 2.03. The van der Waals surface area contributed by atoms with Crippen molar-refractivity contribution in [2.45, 2.75) is 66.4 Å². The molecule has 0 aromatic carbocycles. The van der Waals surface area contributed by atoms with E-state index in [-0.39, 0.29) is 16.4 Å². The Morgan fingerprint density at radius 3 is 1.94 bits per heavy atom. The molecule has 0 bridgehead atoms. The molecule has 1 nitrogen and oxygen atoms in total. The summed E-state index contributed by atoms with van der Waals surface area (Å²) in [7, 11) is 5.26. The third kappa shape index (κ3) is 6.23. The Kier molecular flexibility index (Phi) is 5.14. The van der Waals surface area contributed by atoms with E-state index in [0.717, 1.165) is 19.3 Å². The van der Waals surface area contributed by atoms with E-state index >= 15 is 0 Å². The molecule has 2 heteroatoms. The number of hydrogen-bond acceptors (Lipinski definition) is 1. The van der Waals surface area contributed by atoms with Crippen LogP contribution >= 0.6 is 0 Å². The van der Waals surface area contributed by atoms with Gasteiger partial charge >= 0.3 is 0 Å². The quantitative estimate of drug-likeness (QED) is 0.489. The van der Waals surface area contributed by atoms with Crippen LogP contribution in [0.4, 0.5) is 0 Å². The van der Waals surface area contributed by atoms with Crippen LogP contribution in [0.1, 0.15) is 60.8 Å². The molecule has 0 aromatic rings. The van der Waals surface area contributed by atoms with Gasteiger partial charge in [0.05, 0.1) is 0 Å². The van der Waals surface area contributed by atoms with Gasteiger partial charge in [0.1, 0.15) is 0 Å². The molecule has 0 heterocycles. The molecule has 0 rings (SSSR count). The number of rotatable bonds is 6. The van der Waals surface area contributed by atoms with Gasteiger partial charge in [-0.2, -0.15) is 0 Å². The number of terminal acetylenes is 1. The van der Waals surface area contributed by atoms with E-state index in [9.17, 15) is 0 Å². The predicted molar refractivity (Wildman–Crippen MR) is 71.2 cm³/mol. The summed E-state index contributed by atoms with van der Waals surface area (Å²) in [5.74, 6) is 2.85. The fourth-order valence-electron chi connectivity index (χ4n) is 2.03. The van der Waals surface area contributed by atoms with E-state index in [0.29, 0.717) is 0 Å². The summed E-state index contributed by atoms with van der Waals surface area (Å²) in [5.41, 5.74) is -0.0829. The van der Waals surface area contributed by atoms with Gasteiger partial charge in [-0.05, 0) is 52.4 Å². The molecule has 0 saturated heterocycles. The maximum atomic E-state index is 5.53. The van der Waals surface area contributed by atoms with Gasteiger partial charge < -0.3 is 4.65 Å². The lowest BCUT2D eigenvalue weighted by Gasteiger charge is -2.35. The lowest BCUT2D eigenvalue weighted by Crippen LogP contribution is -2.28. The minimum atomic E-state index is -0.252. The molecule has 2 radical (unpaired) electrons. The SMILES string of the molecule is [B]OC(C)(C)CCC(C)(C)CC(C)(C)C#C. The van der Waals surface area contributed by atoms with Crippen LogP contribution in [0.5, 0.6) is 0 Å². The average Bonchev–Trinajstić information content (AvgIpc) is 2.14. The van der Waals surface area contributed by atoms with Crippen LogP contribution in [-0.4, -0.2) is 13.7 Å². The van der Waals surface area contributed by atoms with Crippen molar-refractivity contribution >= 4 is 8.05 Å². The van der Waals surface area contributed by atoms with Crippen LogP contribution in [-0.2, 0) is 4.65 Å². The molecule has 0 atom stereocenters. The second-order valence-corrected chi connectivity index (χ2v) is 6.75. The third-order valence-corrected chi connectivity index (χ3v) is 3.03. The molecule has 0 N–H and O–H groups in total. The van der Waals surface area contributed by atoms with Crippen molar-refractivity contribution in [2.24, 2.45) is 10.8 Å². The first-order valence-electron chi connectivity index (χ1n) is 5.89. The highest BCUT2D eigenvalue weighted by molar-refractivity contribution is 5.98. The normalized spacial score (nSPS) is 13.6.